The number of hydrogen-bond acceptors (Lipinski definition) is 7. The molecular weight excluding hydrogens is 282 g/mol. The molecule has 19 heavy (non-hydrogen) atoms. The van der Waals surface area contributed by atoms with Crippen LogP contribution in [0.3, 0.4) is 0 Å². The molecule has 108 valence electrons. The van der Waals surface area contributed by atoms with Crippen LogP contribution in [0.25, 0.3) is 0 Å². The lowest BCUT2D eigenvalue weighted by Crippen LogP contribution is -2.48. The van der Waals surface area contributed by atoms with Crippen molar-refractivity contribution in [1.29, 1.82) is 0 Å². The number of carbonyl (C=O) groups excluding carboxylic acids is 1. The largest absolute Gasteiger partial charge is 0.468 e. The molecule has 1 unspecified atom stereocenters. The molecule has 0 radical (unpaired) electrons. The molecule has 1 aromatic rings. The van der Waals surface area contributed by atoms with Crippen LogP contribution in [-0.4, -0.2) is 40.8 Å². The highest BCUT2D eigenvalue weighted by Crippen LogP contribution is 2.23. The Morgan fingerprint density at radius 2 is 2.32 bits per heavy atom. The number of hydrogen-bond donors (Lipinski definition) is 1. The molecule has 1 heterocycles. The van der Waals surface area contributed by atoms with E-state index in [1.165, 1.54) is 18.6 Å². The van der Waals surface area contributed by atoms with Gasteiger partial charge in [0.25, 0.3) is 0 Å². The fourth-order valence-electron chi connectivity index (χ4n) is 1.58. The summed E-state index contributed by atoms with van der Waals surface area (Å²) in [6.45, 7) is 3.91. The van der Waals surface area contributed by atoms with Gasteiger partial charge in [0.2, 0.25) is 0 Å². The Labute approximate surface area is 122 Å². The SMILES string of the molecule is CCc1nsc(SCCCC(C)(NC)C(=O)OC)n1. The van der Waals surface area contributed by atoms with Crippen LogP contribution in [0.4, 0.5) is 0 Å². The smallest absolute Gasteiger partial charge is 0.325 e. The second-order valence-electron chi connectivity index (χ2n) is 4.36. The van der Waals surface area contributed by atoms with Crippen molar-refractivity contribution in [2.45, 2.75) is 43.0 Å². The Hall–Kier alpha value is -0.660. The summed E-state index contributed by atoms with van der Waals surface area (Å²) in [6, 6.07) is 0. The van der Waals surface area contributed by atoms with E-state index in [9.17, 15) is 4.79 Å². The molecule has 0 saturated heterocycles. The molecule has 0 aliphatic carbocycles. The van der Waals surface area contributed by atoms with Gasteiger partial charge < -0.3 is 10.1 Å². The molecule has 1 rings (SSSR count). The normalized spacial score (nSPS) is 14.1. The van der Waals surface area contributed by atoms with E-state index in [0.717, 1.165) is 35.2 Å². The highest BCUT2D eigenvalue weighted by Gasteiger charge is 2.31. The molecule has 0 fully saturated rings. The Balaban J connectivity index is 2.35. The van der Waals surface area contributed by atoms with Gasteiger partial charge in [-0.1, -0.05) is 18.7 Å². The maximum atomic E-state index is 11.7. The van der Waals surface area contributed by atoms with E-state index in [1.807, 2.05) is 13.8 Å². The van der Waals surface area contributed by atoms with Gasteiger partial charge in [0.15, 0.2) is 4.34 Å². The van der Waals surface area contributed by atoms with Crippen LogP contribution >= 0.6 is 23.3 Å². The number of aromatic nitrogens is 2. The lowest BCUT2D eigenvalue weighted by Gasteiger charge is -2.25. The van der Waals surface area contributed by atoms with Gasteiger partial charge >= 0.3 is 5.97 Å². The molecule has 0 spiro atoms. The van der Waals surface area contributed by atoms with E-state index in [0.29, 0.717) is 0 Å². The molecule has 1 atom stereocenters. The van der Waals surface area contributed by atoms with Crippen LogP contribution in [0.15, 0.2) is 4.34 Å². The summed E-state index contributed by atoms with van der Waals surface area (Å²) in [5, 5.41) is 3.03. The molecule has 0 saturated carbocycles. The van der Waals surface area contributed by atoms with Crippen LogP contribution in [0.2, 0.25) is 0 Å². The maximum absolute atomic E-state index is 11.7. The molecule has 1 aromatic heterocycles. The van der Waals surface area contributed by atoms with Crippen molar-refractivity contribution in [2.75, 3.05) is 19.9 Å². The summed E-state index contributed by atoms with van der Waals surface area (Å²) in [7, 11) is 3.20. The minimum atomic E-state index is -0.606. The lowest BCUT2D eigenvalue weighted by molar-refractivity contribution is -0.148. The van der Waals surface area contributed by atoms with E-state index in [1.54, 1.807) is 18.8 Å². The number of rotatable bonds is 8. The van der Waals surface area contributed by atoms with Crippen LogP contribution in [0.5, 0.6) is 0 Å². The number of nitrogens with zero attached hydrogens (tertiary/aromatic N) is 2. The molecule has 0 amide bonds. The number of carbonyl (C=O) groups is 1. The number of esters is 1. The molecular formula is C12H21N3O2S2. The summed E-state index contributed by atoms with van der Waals surface area (Å²) in [6.07, 6.45) is 2.53. The van der Waals surface area contributed by atoms with Crippen molar-refractivity contribution in [1.82, 2.24) is 14.7 Å². The lowest BCUT2D eigenvalue weighted by atomic mass is 9.97. The van der Waals surface area contributed by atoms with Crippen LogP contribution < -0.4 is 5.32 Å². The van der Waals surface area contributed by atoms with Gasteiger partial charge in [0.05, 0.1) is 7.11 Å². The van der Waals surface area contributed by atoms with Gasteiger partial charge in [-0.25, -0.2) is 4.98 Å². The Morgan fingerprint density at radius 1 is 1.58 bits per heavy atom. The minimum absolute atomic E-state index is 0.218. The number of likely N-dealkylation sites (N-methyl/N-ethyl adjacent to an activating group) is 1. The second-order valence-corrected chi connectivity index (χ2v) is 6.45. The summed E-state index contributed by atoms with van der Waals surface area (Å²) < 4.78 is 10.1. The van der Waals surface area contributed by atoms with Gasteiger partial charge in [-0.2, -0.15) is 4.37 Å². The van der Waals surface area contributed by atoms with Crippen molar-refractivity contribution in [3.63, 3.8) is 0 Å². The Kier molecular flexibility index (Phi) is 6.74. The van der Waals surface area contributed by atoms with Crippen LogP contribution in [-0.2, 0) is 16.0 Å². The van der Waals surface area contributed by atoms with Crippen molar-refractivity contribution in [2.24, 2.45) is 0 Å². The van der Waals surface area contributed by atoms with Crippen molar-refractivity contribution >= 4 is 29.3 Å². The number of ether oxygens (including phenoxy) is 1. The van der Waals surface area contributed by atoms with E-state index in [-0.39, 0.29) is 5.97 Å². The Bertz CT molecular complexity index is 411. The van der Waals surface area contributed by atoms with Crippen molar-refractivity contribution in [3.8, 4) is 0 Å². The molecule has 1 N–H and O–H groups in total. The monoisotopic (exact) mass is 303 g/mol. The topological polar surface area (TPSA) is 64.1 Å². The molecule has 7 heteroatoms. The van der Waals surface area contributed by atoms with Gasteiger partial charge in [0, 0.05) is 12.2 Å². The van der Waals surface area contributed by atoms with Crippen LogP contribution in [0, 0.1) is 0 Å². The highest BCUT2D eigenvalue weighted by atomic mass is 32.2. The fourth-order valence-corrected chi connectivity index (χ4v) is 3.29. The zero-order chi connectivity index (χ0) is 14.3. The van der Waals surface area contributed by atoms with E-state index in [2.05, 4.69) is 14.7 Å². The summed E-state index contributed by atoms with van der Waals surface area (Å²) in [5.41, 5.74) is -0.606. The first-order valence-corrected chi connectivity index (χ1v) is 8.04. The summed E-state index contributed by atoms with van der Waals surface area (Å²) in [4.78, 5) is 16.1. The van der Waals surface area contributed by atoms with Crippen LogP contribution in [0.1, 0.15) is 32.5 Å². The predicted molar refractivity (Wildman–Crippen MR) is 78.7 cm³/mol. The first-order valence-electron chi connectivity index (χ1n) is 6.28. The molecule has 0 aliphatic heterocycles. The van der Waals surface area contributed by atoms with Gasteiger partial charge in [-0.15, -0.1) is 0 Å². The highest BCUT2D eigenvalue weighted by molar-refractivity contribution is 8.00. The fraction of sp³-hybridized carbons (Fsp3) is 0.750. The van der Waals surface area contributed by atoms with E-state index >= 15 is 0 Å². The summed E-state index contributed by atoms with van der Waals surface area (Å²) in [5.74, 6) is 1.61. The average molecular weight is 303 g/mol. The quantitative estimate of drug-likeness (QED) is 0.451. The Morgan fingerprint density at radius 3 is 2.84 bits per heavy atom. The molecule has 0 aliphatic rings. The number of thioether (sulfide) groups is 1. The molecule has 0 bridgehead atoms. The third kappa shape index (κ3) is 4.74. The van der Waals surface area contributed by atoms with Gasteiger partial charge in [-0.05, 0) is 38.3 Å². The third-order valence-corrected chi connectivity index (χ3v) is 4.96. The molecule has 0 aromatic carbocycles. The second kappa shape index (κ2) is 7.81. The summed E-state index contributed by atoms with van der Waals surface area (Å²) >= 11 is 3.14. The third-order valence-electron chi connectivity index (χ3n) is 3.00. The van der Waals surface area contributed by atoms with E-state index < -0.39 is 5.54 Å². The average Bonchev–Trinajstić information content (AvgIpc) is 2.90. The molecule has 5 nitrogen and oxygen atoms in total. The minimum Gasteiger partial charge on any atom is -0.468 e. The number of nitrogens with one attached hydrogen (secondary N) is 1. The van der Waals surface area contributed by atoms with Crippen molar-refractivity contribution < 1.29 is 9.53 Å². The first-order chi connectivity index (χ1) is 9.05. The van der Waals surface area contributed by atoms with Gasteiger partial charge in [-0.3, -0.25) is 4.79 Å². The first kappa shape index (κ1) is 16.4. The maximum Gasteiger partial charge on any atom is 0.325 e. The number of aryl methyl sites for hydroxylation is 1. The van der Waals surface area contributed by atoms with Crippen molar-refractivity contribution in [3.05, 3.63) is 5.82 Å². The van der Waals surface area contributed by atoms with E-state index in [4.69, 9.17) is 4.74 Å². The number of methoxy groups -OCH3 is 1. The van der Waals surface area contributed by atoms with Gasteiger partial charge in [0.1, 0.15) is 11.4 Å². The predicted octanol–water partition coefficient (Wildman–Crippen LogP) is 2.12. The zero-order valence-corrected chi connectivity index (χ0v) is 13.5. The zero-order valence-electron chi connectivity index (χ0n) is 11.9. The standard InChI is InChI=1S/C12H21N3O2S2/c1-5-9-14-11(19-15-9)18-8-6-7-12(2,13-3)10(16)17-4/h13H,5-8H2,1-4H3.